The van der Waals surface area contributed by atoms with Crippen molar-refractivity contribution in [2.75, 3.05) is 55.8 Å². The van der Waals surface area contributed by atoms with Crippen LogP contribution in [0.5, 0.6) is 0 Å². The molecule has 0 unspecified atom stereocenters. The minimum Gasteiger partial charge on any atom is -0.354 e. The topological polar surface area (TPSA) is 75.5 Å². The number of amides is 1. The van der Waals surface area contributed by atoms with E-state index in [-0.39, 0.29) is 11.9 Å². The molecular formula is C24H28N6OS. The molecule has 3 saturated heterocycles. The molecule has 0 bridgehead atoms. The number of pyridine rings is 1. The van der Waals surface area contributed by atoms with Crippen molar-refractivity contribution >= 4 is 23.5 Å². The summed E-state index contributed by atoms with van der Waals surface area (Å²) < 4.78 is 0. The van der Waals surface area contributed by atoms with Gasteiger partial charge in [-0.05, 0) is 18.1 Å². The predicted molar refractivity (Wildman–Crippen MR) is 127 cm³/mol. The van der Waals surface area contributed by atoms with Gasteiger partial charge < -0.3 is 15.1 Å². The molecule has 0 aliphatic carbocycles. The molecule has 0 radical (unpaired) electrons. The number of anilines is 1. The molecule has 0 spiro atoms. The molecule has 2 aromatic rings. The van der Waals surface area contributed by atoms with Gasteiger partial charge in [-0.2, -0.15) is 5.26 Å². The molecule has 2 atom stereocenters. The highest BCUT2D eigenvalue weighted by atomic mass is 32.2. The standard InChI is InChI=1S/C24H28N6OS/c25-14-18-12-21(19-4-2-1-3-5-19)23(27-15-18)29-8-6-28(7-9-29)20-13-22(26-16-20)24(31)30-10-11-32-17-30/h1-5,12,15,20,22,26H,6-11,13,16-17H2/t20-,22-/m0/s1. The molecule has 3 aliphatic rings. The lowest BCUT2D eigenvalue weighted by atomic mass is 10.0. The van der Waals surface area contributed by atoms with Crippen molar-refractivity contribution in [3.63, 3.8) is 0 Å². The molecular weight excluding hydrogens is 420 g/mol. The van der Waals surface area contributed by atoms with Crippen molar-refractivity contribution in [3.05, 3.63) is 48.2 Å². The van der Waals surface area contributed by atoms with Gasteiger partial charge in [0.2, 0.25) is 5.91 Å². The predicted octanol–water partition coefficient (Wildman–Crippen LogP) is 2.01. The third-order valence-electron chi connectivity index (χ3n) is 6.68. The van der Waals surface area contributed by atoms with E-state index in [0.717, 1.165) is 74.3 Å². The summed E-state index contributed by atoms with van der Waals surface area (Å²) in [6.07, 6.45) is 2.56. The first-order valence-electron chi connectivity index (χ1n) is 11.3. The lowest BCUT2D eigenvalue weighted by molar-refractivity contribution is -0.131. The Hall–Kier alpha value is -2.60. The fourth-order valence-electron chi connectivity index (χ4n) is 4.89. The van der Waals surface area contributed by atoms with Gasteiger partial charge in [-0.25, -0.2) is 4.98 Å². The summed E-state index contributed by atoms with van der Waals surface area (Å²) in [4.78, 5) is 24.2. The van der Waals surface area contributed by atoms with Crippen molar-refractivity contribution in [2.45, 2.75) is 18.5 Å². The van der Waals surface area contributed by atoms with Gasteiger partial charge in [-0.3, -0.25) is 9.69 Å². The monoisotopic (exact) mass is 448 g/mol. The van der Waals surface area contributed by atoms with E-state index < -0.39 is 0 Å². The van der Waals surface area contributed by atoms with Crippen LogP contribution in [0.15, 0.2) is 42.6 Å². The Balaban J connectivity index is 1.24. The number of rotatable bonds is 4. The SMILES string of the molecule is N#Cc1cnc(N2CCN([C@@H]3CN[C@H](C(=O)N4CCSC4)C3)CC2)c(-c2ccccc2)c1. The van der Waals surface area contributed by atoms with Gasteiger partial charge in [0.15, 0.2) is 0 Å². The fourth-order valence-corrected chi connectivity index (χ4v) is 5.85. The molecule has 1 aromatic heterocycles. The van der Waals surface area contributed by atoms with Gasteiger partial charge in [-0.15, -0.1) is 11.8 Å². The minimum atomic E-state index is -0.0402. The molecule has 1 amide bonds. The first-order chi connectivity index (χ1) is 15.7. The lowest BCUT2D eigenvalue weighted by Crippen LogP contribution is -2.51. The highest BCUT2D eigenvalue weighted by molar-refractivity contribution is 7.99. The molecule has 8 heteroatoms. The van der Waals surface area contributed by atoms with E-state index in [2.05, 4.69) is 38.3 Å². The Morgan fingerprint density at radius 2 is 1.97 bits per heavy atom. The zero-order valence-corrected chi connectivity index (χ0v) is 18.9. The van der Waals surface area contributed by atoms with E-state index in [1.54, 1.807) is 6.20 Å². The van der Waals surface area contributed by atoms with Crippen LogP contribution in [-0.4, -0.2) is 83.7 Å². The quantitative estimate of drug-likeness (QED) is 0.767. The van der Waals surface area contributed by atoms with E-state index >= 15 is 0 Å². The van der Waals surface area contributed by atoms with Crippen LogP contribution in [0.3, 0.4) is 0 Å². The summed E-state index contributed by atoms with van der Waals surface area (Å²) in [5.74, 6) is 3.10. The Morgan fingerprint density at radius 1 is 1.16 bits per heavy atom. The summed E-state index contributed by atoms with van der Waals surface area (Å²) >= 11 is 1.84. The number of carbonyl (C=O) groups is 1. The van der Waals surface area contributed by atoms with Crippen LogP contribution >= 0.6 is 11.8 Å². The molecule has 1 aromatic carbocycles. The second-order valence-electron chi connectivity index (χ2n) is 8.59. The Labute approximate surface area is 193 Å². The number of benzene rings is 1. The number of hydrogen-bond donors (Lipinski definition) is 1. The molecule has 166 valence electrons. The molecule has 5 rings (SSSR count). The number of piperazine rings is 1. The van der Waals surface area contributed by atoms with E-state index in [1.165, 1.54) is 0 Å². The van der Waals surface area contributed by atoms with Crippen LogP contribution in [0, 0.1) is 11.3 Å². The zero-order valence-electron chi connectivity index (χ0n) is 18.1. The van der Waals surface area contributed by atoms with Gasteiger partial charge in [0, 0.05) is 62.8 Å². The second-order valence-corrected chi connectivity index (χ2v) is 9.66. The van der Waals surface area contributed by atoms with Gasteiger partial charge in [-0.1, -0.05) is 30.3 Å². The molecule has 0 saturated carbocycles. The summed E-state index contributed by atoms with van der Waals surface area (Å²) in [5, 5.41) is 12.8. The number of hydrogen-bond acceptors (Lipinski definition) is 7. The fraction of sp³-hybridized carbons (Fsp3) is 0.458. The average Bonchev–Trinajstić information content (AvgIpc) is 3.57. The van der Waals surface area contributed by atoms with Gasteiger partial charge >= 0.3 is 0 Å². The number of thioether (sulfide) groups is 1. The largest absolute Gasteiger partial charge is 0.354 e. The minimum absolute atomic E-state index is 0.0402. The summed E-state index contributed by atoms with van der Waals surface area (Å²) in [5.41, 5.74) is 2.67. The van der Waals surface area contributed by atoms with E-state index in [9.17, 15) is 10.1 Å². The van der Waals surface area contributed by atoms with Crippen molar-refractivity contribution in [3.8, 4) is 17.2 Å². The highest BCUT2D eigenvalue weighted by Gasteiger charge is 2.36. The average molecular weight is 449 g/mol. The smallest absolute Gasteiger partial charge is 0.240 e. The normalized spacial score (nSPS) is 24.0. The van der Waals surface area contributed by atoms with Crippen molar-refractivity contribution in [1.29, 1.82) is 5.26 Å². The van der Waals surface area contributed by atoms with E-state index in [1.807, 2.05) is 40.9 Å². The summed E-state index contributed by atoms with van der Waals surface area (Å²) in [6, 6.07) is 14.7. The maximum atomic E-state index is 12.7. The second kappa shape index (κ2) is 9.49. The molecule has 3 fully saturated rings. The summed E-state index contributed by atoms with van der Waals surface area (Å²) in [6.45, 7) is 5.42. The van der Waals surface area contributed by atoms with Crippen molar-refractivity contribution in [2.24, 2.45) is 0 Å². The van der Waals surface area contributed by atoms with Gasteiger partial charge in [0.05, 0.1) is 17.5 Å². The molecule has 3 aliphatic heterocycles. The van der Waals surface area contributed by atoms with Crippen molar-refractivity contribution < 1.29 is 4.79 Å². The molecule has 4 heterocycles. The molecule has 7 nitrogen and oxygen atoms in total. The van der Waals surface area contributed by atoms with Crippen LogP contribution in [-0.2, 0) is 4.79 Å². The van der Waals surface area contributed by atoms with Crippen LogP contribution < -0.4 is 10.2 Å². The van der Waals surface area contributed by atoms with Crippen LogP contribution in [0.2, 0.25) is 0 Å². The van der Waals surface area contributed by atoms with Crippen molar-refractivity contribution in [1.82, 2.24) is 20.1 Å². The number of aromatic nitrogens is 1. The Kier molecular flexibility index (Phi) is 6.30. The zero-order chi connectivity index (χ0) is 21.9. The highest BCUT2D eigenvalue weighted by Crippen LogP contribution is 2.31. The summed E-state index contributed by atoms with van der Waals surface area (Å²) in [7, 11) is 0. The van der Waals surface area contributed by atoms with E-state index in [0.29, 0.717) is 11.6 Å². The molecule has 32 heavy (non-hydrogen) atoms. The van der Waals surface area contributed by atoms with E-state index in [4.69, 9.17) is 0 Å². The number of nitrogens with one attached hydrogen (secondary N) is 1. The van der Waals surface area contributed by atoms with Crippen LogP contribution in [0.25, 0.3) is 11.1 Å². The third-order valence-corrected chi connectivity index (χ3v) is 7.65. The maximum absolute atomic E-state index is 12.7. The molecule has 1 N–H and O–H groups in total. The Bertz CT molecular complexity index is 995. The maximum Gasteiger partial charge on any atom is 0.240 e. The number of nitrogens with zero attached hydrogens (tertiary/aromatic N) is 5. The van der Waals surface area contributed by atoms with Gasteiger partial charge in [0.1, 0.15) is 11.9 Å². The van der Waals surface area contributed by atoms with Crippen LogP contribution in [0.1, 0.15) is 12.0 Å². The lowest BCUT2D eigenvalue weighted by Gasteiger charge is -2.39. The Morgan fingerprint density at radius 3 is 2.69 bits per heavy atom. The first kappa shape index (κ1) is 21.3. The first-order valence-corrected chi connectivity index (χ1v) is 12.4. The van der Waals surface area contributed by atoms with Gasteiger partial charge in [0.25, 0.3) is 0 Å². The number of nitriles is 1. The third kappa shape index (κ3) is 4.33. The van der Waals surface area contributed by atoms with Crippen LogP contribution in [0.4, 0.5) is 5.82 Å². The number of carbonyl (C=O) groups excluding carboxylic acids is 1.